The second-order valence-corrected chi connectivity index (χ2v) is 6.47. The van der Waals surface area contributed by atoms with Crippen LogP contribution in [0.2, 0.25) is 15.1 Å². The van der Waals surface area contributed by atoms with Crippen molar-refractivity contribution in [1.29, 1.82) is 0 Å². The van der Waals surface area contributed by atoms with Crippen LogP contribution in [0.1, 0.15) is 15.2 Å². The lowest BCUT2D eigenvalue weighted by Gasteiger charge is -2.10. The molecule has 0 unspecified atom stereocenters. The average Bonchev–Trinajstić information content (AvgIpc) is 2.86. The number of nitrogens with one attached hydrogen (secondary N) is 1. The maximum absolute atomic E-state index is 11.8. The molecule has 0 bridgehead atoms. The fourth-order valence-electron chi connectivity index (χ4n) is 1.62. The van der Waals surface area contributed by atoms with Crippen molar-refractivity contribution in [2.75, 3.05) is 11.9 Å². The van der Waals surface area contributed by atoms with E-state index < -0.39 is 18.5 Å². The van der Waals surface area contributed by atoms with E-state index in [4.69, 9.17) is 39.5 Å². The molecule has 0 fully saturated rings. The monoisotopic (exact) mass is 377 g/mol. The zero-order valence-electron chi connectivity index (χ0n) is 11.3. The number of esters is 1. The van der Waals surface area contributed by atoms with E-state index in [0.29, 0.717) is 9.90 Å². The third-order valence-electron chi connectivity index (χ3n) is 2.65. The molecule has 0 atom stereocenters. The third-order valence-corrected chi connectivity index (χ3v) is 4.46. The average molecular weight is 379 g/mol. The van der Waals surface area contributed by atoms with E-state index in [1.54, 1.807) is 18.4 Å². The van der Waals surface area contributed by atoms with Gasteiger partial charge in [0.05, 0.1) is 15.7 Å². The molecule has 2 aromatic rings. The SMILES string of the molecule is Cc1ccsc1C(=O)OCC(=O)Nc1c(Cl)cc(Cl)cc1Cl. The predicted octanol–water partition coefficient (Wildman–Crippen LogP) is 4.81. The summed E-state index contributed by atoms with van der Waals surface area (Å²) in [6.07, 6.45) is 0. The van der Waals surface area contributed by atoms with Gasteiger partial charge in [-0.2, -0.15) is 0 Å². The molecule has 0 saturated carbocycles. The Morgan fingerprint density at radius 1 is 1.23 bits per heavy atom. The van der Waals surface area contributed by atoms with Crippen molar-refractivity contribution in [2.45, 2.75) is 6.92 Å². The highest BCUT2D eigenvalue weighted by Crippen LogP contribution is 2.33. The first-order chi connectivity index (χ1) is 10.4. The molecule has 4 nitrogen and oxygen atoms in total. The highest BCUT2D eigenvalue weighted by molar-refractivity contribution is 7.12. The predicted molar refractivity (Wildman–Crippen MR) is 89.4 cm³/mol. The summed E-state index contributed by atoms with van der Waals surface area (Å²) in [6, 6.07) is 4.70. The Bertz CT molecular complexity index is 707. The Morgan fingerprint density at radius 3 is 2.41 bits per heavy atom. The molecule has 2 rings (SSSR count). The Balaban J connectivity index is 1.97. The molecule has 0 aliphatic carbocycles. The summed E-state index contributed by atoms with van der Waals surface area (Å²) >= 11 is 18.9. The van der Waals surface area contributed by atoms with Gasteiger partial charge in [-0.25, -0.2) is 4.79 Å². The maximum Gasteiger partial charge on any atom is 0.349 e. The quantitative estimate of drug-likeness (QED) is 0.777. The van der Waals surface area contributed by atoms with Crippen LogP contribution in [0, 0.1) is 6.92 Å². The lowest BCUT2D eigenvalue weighted by Crippen LogP contribution is -2.21. The normalized spacial score (nSPS) is 10.4. The molecule has 22 heavy (non-hydrogen) atoms. The number of rotatable bonds is 4. The van der Waals surface area contributed by atoms with Gasteiger partial charge < -0.3 is 10.1 Å². The van der Waals surface area contributed by atoms with Crippen molar-refractivity contribution < 1.29 is 14.3 Å². The number of hydrogen-bond donors (Lipinski definition) is 1. The van der Waals surface area contributed by atoms with Crippen LogP contribution in [0.5, 0.6) is 0 Å². The van der Waals surface area contributed by atoms with Crippen molar-refractivity contribution in [3.8, 4) is 0 Å². The van der Waals surface area contributed by atoms with Crippen molar-refractivity contribution in [3.05, 3.63) is 49.1 Å². The highest BCUT2D eigenvalue weighted by atomic mass is 35.5. The van der Waals surface area contributed by atoms with Crippen LogP contribution in [0.15, 0.2) is 23.6 Å². The molecule has 8 heteroatoms. The molecule has 0 spiro atoms. The fourth-order valence-corrected chi connectivity index (χ4v) is 3.34. The number of carbonyl (C=O) groups is 2. The summed E-state index contributed by atoms with van der Waals surface area (Å²) in [7, 11) is 0. The second kappa shape index (κ2) is 7.33. The van der Waals surface area contributed by atoms with Crippen molar-refractivity contribution in [1.82, 2.24) is 0 Å². The van der Waals surface area contributed by atoms with Crippen molar-refractivity contribution in [2.24, 2.45) is 0 Å². The van der Waals surface area contributed by atoms with Gasteiger partial charge in [0.1, 0.15) is 4.88 Å². The third kappa shape index (κ3) is 4.14. The minimum absolute atomic E-state index is 0.200. The van der Waals surface area contributed by atoms with Crippen molar-refractivity contribution >= 4 is 63.7 Å². The van der Waals surface area contributed by atoms with Gasteiger partial charge in [0.2, 0.25) is 0 Å². The molecule has 0 aliphatic heterocycles. The molecule has 1 heterocycles. The maximum atomic E-state index is 11.8. The summed E-state index contributed by atoms with van der Waals surface area (Å²) in [5, 5.41) is 5.02. The lowest BCUT2D eigenvalue weighted by molar-refractivity contribution is -0.119. The Morgan fingerprint density at radius 2 is 1.86 bits per heavy atom. The molecular weight excluding hydrogens is 369 g/mol. The van der Waals surface area contributed by atoms with Crippen LogP contribution in [0.3, 0.4) is 0 Å². The molecule has 0 saturated heterocycles. The molecule has 0 radical (unpaired) electrons. The second-order valence-electron chi connectivity index (χ2n) is 4.30. The van der Waals surface area contributed by atoms with E-state index in [-0.39, 0.29) is 15.7 Å². The van der Waals surface area contributed by atoms with Crippen molar-refractivity contribution in [3.63, 3.8) is 0 Å². The highest BCUT2D eigenvalue weighted by Gasteiger charge is 2.16. The van der Waals surface area contributed by atoms with Gasteiger partial charge in [-0.15, -0.1) is 11.3 Å². The van der Waals surface area contributed by atoms with Crippen LogP contribution >= 0.6 is 46.1 Å². The van der Waals surface area contributed by atoms with Crippen LogP contribution in [-0.2, 0) is 9.53 Å². The Kier molecular flexibility index (Phi) is 5.69. The number of anilines is 1. The Hall–Kier alpha value is -1.27. The van der Waals surface area contributed by atoms with E-state index in [9.17, 15) is 9.59 Å². The summed E-state index contributed by atoms with van der Waals surface area (Å²) < 4.78 is 4.95. The molecule has 1 aromatic heterocycles. The van der Waals surface area contributed by atoms with Gasteiger partial charge in [0, 0.05) is 5.02 Å². The van der Waals surface area contributed by atoms with Gasteiger partial charge >= 0.3 is 5.97 Å². The van der Waals surface area contributed by atoms with Crippen LogP contribution < -0.4 is 5.32 Å². The summed E-state index contributed by atoms with van der Waals surface area (Å²) in [6.45, 7) is 1.35. The fraction of sp³-hybridized carbons (Fsp3) is 0.143. The van der Waals surface area contributed by atoms with E-state index in [2.05, 4.69) is 5.32 Å². The Labute approximate surface area is 145 Å². The summed E-state index contributed by atoms with van der Waals surface area (Å²) in [5.74, 6) is -1.09. The number of thiophene rings is 1. The number of aryl methyl sites for hydroxylation is 1. The molecule has 0 aliphatic rings. The van der Waals surface area contributed by atoms with E-state index in [1.807, 2.05) is 0 Å². The van der Waals surface area contributed by atoms with E-state index >= 15 is 0 Å². The standard InChI is InChI=1S/C14H10Cl3NO3S/c1-7-2-3-22-13(7)14(20)21-6-11(19)18-12-9(16)4-8(15)5-10(12)17/h2-5H,6H2,1H3,(H,18,19). The number of halogens is 3. The van der Waals surface area contributed by atoms with Crippen LogP contribution in [0.4, 0.5) is 5.69 Å². The van der Waals surface area contributed by atoms with Crippen LogP contribution in [0.25, 0.3) is 0 Å². The molecule has 1 amide bonds. The molecular formula is C14H10Cl3NO3S. The minimum Gasteiger partial charge on any atom is -0.451 e. The number of hydrogen-bond acceptors (Lipinski definition) is 4. The topological polar surface area (TPSA) is 55.4 Å². The summed E-state index contributed by atoms with van der Waals surface area (Å²) in [5.41, 5.74) is 1.03. The van der Waals surface area contributed by atoms with Gasteiger partial charge in [0.15, 0.2) is 6.61 Å². The zero-order valence-corrected chi connectivity index (χ0v) is 14.4. The first-order valence-corrected chi connectivity index (χ1v) is 8.05. The first kappa shape index (κ1) is 17.1. The smallest absolute Gasteiger partial charge is 0.349 e. The van der Waals surface area contributed by atoms with Gasteiger partial charge in [0.25, 0.3) is 5.91 Å². The van der Waals surface area contributed by atoms with Gasteiger partial charge in [-0.1, -0.05) is 34.8 Å². The van der Waals surface area contributed by atoms with E-state index in [1.165, 1.54) is 23.5 Å². The number of benzene rings is 1. The van der Waals surface area contributed by atoms with Gasteiger partial charge in [-0.05, 0) is 36.1 Å². The molecule has 1 N–H and O–H groups in total. The van der Waals surface area contributed by atoms with E-state index in [0.717, 1.165) is 5.56 Å². The van der Waals surface area contributed by atoms with Gasteiger partial charge in [-0.3, -0.25) is 4.79 Å². The molecule has 1 aromatic carbocycles. The zero-order chi connectivity index (χ0) is 16.3. The minimum atomic E-state index is -0.548. The number of amides is 1. The lowest BCUT2D eigenvalue weighted by atomic mass is 10.3. The number of ether oxygens (including phenoxy) is 1. The largest absolute Gasteiger partial charge is 0.451 e. The summed E-state index contributed by atoms with van der Waals surface area (Å²) in [4.78, 5) is 24.1. The first-order valence-electron chi connectivity index (χ1n) is 6.04. The van der Waals surface area contributed by atoms with Crippen LogP contribution in [-0.4, -0.2) is 18.5 Å². The molecule has 116 valence electrons. The number of carbonyl (C=O) groups excluding carboxylic acids is 2.